The van der Waals surface area contributed by atoms with Crippen molar-refractivity contribution in [1.82, 2.24) is 15.0 Å². The van der Waals surface area contributed by atoms with Gasteiger partial charge in [0.15, 0.2) is 5.82 Å². The van der Waals surface area contributed by atoms with Gasteiger partial charge in [0.2, 0.25) is 11.9 Å². The van der Waals surface area contributed by atoms with Crippen LogP contribution < -0.4 is 11.1 Å². The molecule has 5 heteroatoms. The molecule has 0 saturated carbocycles. The number of anilines is 2. The summed E-state index contributed by atoms with van der Waals surface area (Å²) in [5.41, 5.74) is 6.49. The fourth-order valence-corrected chi connectivity index (χ4v) is 1.32. The van der Waals surface area contributed by atoms with Crippen LogP contribution in [0.2, 0.25) is 0 Å². The minimum absolute atomic E-state index is 0.165. The number of terminal acetylenes is 1. The van der Waals surface area contributed by atoms with Crippen LogP contribution in [0.15, 0.2) is 30.3 Å². The molecule has 0 aliphatic heterocycles. The molecule has 0 spiro atoms. The molecule has 3 N–H and O–H groups in total. The van der Waals surface area contributed by atoms with Crippen molar-refractivity contribution >= 4 is 11.9 Å². The molecule has 0 bridgehead atoms. The predicted molar refractivity (Wildman–Crippen MR) is 67.0 cm³/mol. The molecule has 0 saturated heterocycles. The molecule has 1 aromatic heterocycles. The summed E-state index contributed by atoms with van der Waals surface area (Å²) in [6, 6.07) is 9.54. The predicted octanol–water partition coefficient (Wildman–Crippen LogP) is 1.17. The highest BCUT2D eigenvalue weighted by Gasteiger charge is 2.05. The fraction of sp³-hybridized carbons (Fsp3) is 0.0833. The summed E-state index contributed by atoms with van der Waals surface area (Å²) < 4.78 is 0. The maximum atomic E-state index is 5.61. The lowest BCUT2D eigenvalue weighted by atomic mass is 10.2. The van der Waals surface area contributed by atoms with E-state index in [1.165, 1.54) is 0 Å². The largest absolute Gasteiger partial charge is 0.368 e. The Balaban J connectivity index is 2.36. The van der Waals surface area contributed by atoms with Crippen molar-refractivity contribution in [2.45, 2.75) is 0 Å². The third-order valence-electron chi connectivity index (χ3n) is 2.03. The normalized spacial score (nSPS) is 9.59. The molecular formula is C12H11N5. The Labute approximate surface area is 99.1 Å². The van der Waals surface area contributed by atoms with Gasteiger partial charge < -0.3 is 11.1 Å². The molecule has 2 aromatic rings. The number of nitrogens with two attached hydrogens (primary N) is 1. The van der Waals surface area contributed by atoms with E-state index in [9.17, 15) is 0 Å². The number of hydrogen-bond acceptors (Lipinski definition) is 5. The number of aromatic nitrogens is 3. The van der Waals surface area contributed by atoms with Crippen molar-refractivity contribution in [1.29, 1.82) is 0 Å². The first-order valence-electron chi connectivity index (χ1n) is 5.04. The average Bonchev–Trinajstić information content (AvgIpc) is 2.37. The highest BCUT2D eigenvalue weighted by atomic mass is 15.2. The lowest BCUT2D eigenvalue weighted by Crippen LogP contribution is -2.08. The third-order valence-corrected chi connectivity index (χ3v) is 2.03. The van der Waals surface area contributed by atoms with Gasteiger partial charge in [-0.2, -0.15) is 15.0 Å². The van der Waals surface area contributed by atoms with Gasteiger partial charge in [-0.15, -0.1) is 6.42 Å². The first-order valence-corrected chi connectivity index (χ1v) is 5.04. The Morgan fingerprint density at radius 2 is 1.94 bits per heavy atom. The van der Waals surface area contributed by atoms with E-state index in [1.807, 2.05) is 30.3 Å². The van der Waals surface area contributed by atoms with Crippen LogP contribution in [0.4, 0.5) is 11.9 Å². The van der Waals surface area contributed by atoms with Crippen LogP contribution in [0.3, 0.4) is 0 Å². The number of nitrogens with one attached hydrogen (secondary N) is 1. The minimum Gasteiger partial charge on any atom is -0.368 e. The molecule has 0 fully saturated rings. The zero-order valence-corrected chi connectivity index (χ0v) is 9.09. The molecule has 5 nitrogen and oxygen atoms in total. The molecule has 0 radical (unpaired) electrons. The zero-order valence-electron chi connectivity index (χ0n) is 9.09. The van der Waals surface area contributed by atoms with Crippen molar-refractivity contribution in [3.63, 3.8) is 0 Å². The van der Waals surface area contributed by atoms with E-state index < -0.39 is 0 Å². The molecule has 0 atom stereocenters. The molecule has 0 unspecified atom stereocenters. The summed E-state index contributed by atoms with van der Waals surface area (Å²) in [6.07, 6.45) is 5.15. The molecular weight excluding hydrogens is 214 g/mol. The summed E-state index contributed by atoms with van der Waals surface area (Å²) in [6.45, 7) is 0.345. The van der Waals surface area contributed by atoms with E-state index in [4.69, 9.17) is 12.2 Å². The lowest BCUT2D eigenvalue weighted by Gasteiger charge is -2.04. The van der Waals surface area contributed by atoms with Gasteiger partial charge in [0.25, 0.3) is 0 Å². The number of benzene rings is 1. The van der Waals surface area contributed by atoms with Crippen molar-refractivity contribution in [2.75, 3.05) is 17.6 Å². The topological polar surface area (TPSA) is 76.7 Å². The van der Waals surface area contributed by atoms with Crippen LogP contribution >= 0.6 is 0 Å². The Hall–Kier alpha value is -2.61. The van der Waals surface area contributed by atoms with Crippen LogP contribution in [0.5, 0.6) is 0 Å². The number of nitrogen functional groups attached to an aromatic ring is 1. The van der Waals surface area contributed by atoms with Gasteiger partial charge in [-0.1, -0.05) is 36.3 Å². The highest BCUT2D eigenvalue weighted by Crippen LogP contribution is 2.15. The highest BCUT2D eigenvalue weighted by molar-refractivity contribution is 5.57. The van der Waals surface area contributed by atoms with E-state index in [0.717, 1.165) is 5.56 Å². The average molecular weight is 225 g/mol. The molecule has 17 heavy (non-hydrogen) atoms. The monoisotopic (exact) mass is 225 g/mol. The fourth-order valence-electron chi connectivity index (χ4n) is 1.32. The maximum absolute atomic E-state index is 5.61. The van der Waals surface area contributed by atoms with Gasteiger partial charge in [0, 0.05) is 5.56 Å². The molecule has 0 aliphatic rings. The van der Waals surface area contributed by atoms with Crippen LogP contribution in [-0.4, -0.2) is 21.5 Å². The van der Waals surface area contributed by atoms with Gasteiger partial charge in [-0.3, -0.25) is 0 Å². The Morgan fingerprint density at radius 1 is 1.18 bits per heavy atom. The van der Waals surface area contributed by atoms with Gasteiger partial charge in [-0.05, 0) is 0 Å². The summed E-state index contributed by atoms with van der Waals surface area (Å²) in [4.78, 5) is 12.3. The minimum atomic E-state index is 0.165. The van der Waals surface area contributed by atoms with E-state index in [2.05, 4.69) is 26.2 Å². The first-order chi connectivity index (χ1) is 8.29. The standard InChI is InChI=1S/C12H11N5/c1-2-8-14-12-16-10(15-11(13)17-12)9-6-4-3-5-7-9/h1,3-7H,8H2,(H3,13,14,15,16,17). The van der Waals surface area contributed by atoms with Crippen molar-refractivity contribution in [3.8, 4) is 23.7 Å². The smallest absolute Gasteiger partial charge is 0.228 e. The van der Waals surface area contributed by atoms with E-state index in [1.54, 1.807) is 0 Å². The zero-order chi connectivity index (χ0) is 12.1. The number of nitrogens with zero attached hydrogens (tertiary/aromatic N) is 3. The van der Waals surface area contributed by atoms with Crippen LogP contribution in [-0.2, 0) is 0 Å². The van der Waals surface area contributed by atoms with E-state index in [0.29, 0.717) is 18.3 Å². The summed E-state index contributed by atoms with van der Waals surface area (Å²) in [5.74, 6) is 3.52. The van der Waals surface area contributed by atoms with Crippen molar-refractivity contribution < 1.29 is 0 Å². The molecule has 1 heterocycles. The van der Waals surface area contributed by atoms with Crippen molar-refractivity contribution in [2.24, 2.45) is 0 Å². The second-order valence-corrected chi connectivity index (χ2v) is 3.26. The van der Waals surface area contributed by atoms with Crippen LogP contribution in [0, 0.1) is 12.3 Å². The second kappa shape index (κ2) is 4.94. The third kappa shape index (κ3) is 2.69. The summed E-state index contributed by atoms with van der Waals surface area (Å²) in [7, 11) is 0. The second-order valence-electron chi connectivity index (χ2n) is 3.26. The molecule has 2 rings (SSSR count). The Bertz CT molecular complexity index is 545. The SMILES string of the molecule is C#CCNc1nc(N)nc(-c2ccccc2)n1. The van der Waals surface area contributed by atoms with Gasteiger partial charge in [-0.25, -0.2) is 0 Å². The quantitative estimate of drug-likeness (QED) is 0.767. The van der Waals surface area contributed by atoms with Crippen molar-refractivity contribution in [3.05, 3.63) is 30.3 Å². The Morgan fingerprint density at radius 3 is 2.65 bits per heavy atom. The number of hydrogen-bond donors (Lipinski definition) is 2. The molecule has 84 valence electrons. The van der Waals surface area contributed by atoms with Crippen LogP contribution in [0.1, 0.15) is 0 Å². The van der Waals surface area contributed by atoms with E-state index >= 15 is 0 Å². The maximum Gasteiger partial charge on any atom is 0.228 e. The lowest BCUT2D eigenvalue weighted by molar-refractivity contribution is 1.06. The molecule has 1 aromatic carbocycles. The van der Waals surface area contributed by atoms with Gasteiger partial charge in [0.1, 0.15) is 0 Å². The first kappa shape index (κ1) is 10.9. The van der Waals surface area contributed by atoms with Gasteiger partial charge in [0.05, 0.1) is 6.54 Å². The Kier molecular flexibility index (Phi) is 3.17. The van der Waals surface area contributed by atoms with E-state index in [-0.39, 0.29) is 5.95 Å². The molecule has 0 amide bonds. The summed E-state index contributed by atoms with van der Waals surface area (Å²) >= 11 is 0. The van der Waals surface area contributed by atoms with Crippen LogP contribution in [0.25, 0.3) is 11.4 Å². The summed E-state index contributed by atoms with van der Waals surface area (Å²) in [5, 5.41) is 2.87. The number of rotatable bonds is 3. The molecule has 0 aliphatic carbocycles. The van der Waals surface area contributed by atoms with Gasteiger partial charge >= 0.3 is 0 Å².